The zero-order valence-corrected chi connectivity index (χ0v) is 7.36. The van der Waals surface area contributed by atoms with E-state index in [1.165, 1.54) is 5.75 Å². The molecule has 0 aliphatic carbocycles. The van der Waals surface area contributed by atoms with Crippen molar-refractivity contribution in [1.82, 2.24) is 0 Å². The van der Waals surface area contributed by atoms with E-state index in [0.717, 1.165) is 15.6 Å². The second kappa shape index (κ2) is 6.74. The molecule has 1 aliphatic rings. The second-order valence-electron chi connectivity index (χ2n) is 1.89. The van der Waals surface area contributed by atoms with E-state index in [1.807, 2.05) is 11.8 Å². The standard InChI is InChI=1S/C5H10S3.2CH4/c1-4-3-7-5(2-6)8-4;;/h4-6H,2-3H2,1H3;2*1H4. The molecular formula is C7H18S3. The van der Waals surface area contributed by atoms with E-state index in [9.17, 15) is 0 Å². The van der Waals surface area contributed by atoms with Gasteiger partial charge in [0.15, 0.2) is 0 Å². The van der Waals surface area contributed by atoms with Gasteiger partial charge in [-0.05, 0) is 0 Å². The summed E-state index contributed by atoms with van der Waals surface area (Å²) in [6, 6.07) is 0. The highest BCUT2D eigenvalue weighted by Crippen LogP contribution is 2.37. The van der Waals surface area contributed by atoms with Gasteiger partial charge in [-0.15, -0.1) is 23.5 Å². The molecule has 0 saturated carbocycles. The number of thiol groups is 1. The van der Waals surface area contributed by atoms with Crippen molar-refractivity contribution in [1.29, 1.82) is 0 Å². The van der Waals surface area contributed by atoms with Crippen LogP contribution in [0, 0.1) is 0 Å². The van der Waals surface area contributed by atoms with E-state index in [-0.39, 0.29) is 14.9 Å². The van der Waals surface area contributed by atoms with E-state index in [0.29, 0.717) is 0 Å². The maximum absolute atomic E-state index is 4.21. The van der Waals surface area contributed by atoms with Crippen LogP contribution in [-0.4, -0.2) is 21.3 Å². The maximum atomic E-state index is 4.21. The van der Waals surface area contributed by atoms with E-state index in [1.54, 1.807) is 0 Å². The third-order valence-electron chi connectivity index (χ3n) is 1.05. The topological polar surface area (TPSA) is 0 Å². The molecule has 10 heavy (non-hydrogen) atoms. The Labute approximate surface area is 79.3 Å². The Hall–Kier alpha value is 1.05. The first-order valence-corrected chi connectivity index (χ1v) is 5.33. The summed E-state index contributed by atoms with van der Waals surface area (Å²) in [5, 5.41) is 0.858. The molecule has 2 unspecified atom stereocenters. The minimum atomic E-state index is 0. The van der Waals surface area contributed by atoms with Gasteiger partial charge in [-0.1, -0.05) is 21.8 Å². The van der Waals surface area contributed by atoms with E-state index in [2.05, 4.69) is 31.3 Å². The minimum absolute atomic E-state index is 0. The summed E-state index contributed by atoms with van der Waals surface area (Å²) in [6.45, 7) is 2.28. The van der Waals surface area contributed by atoms with E-state index < -0.39 is 0 Å². The summed E-state index contributed by atoms with van der Waals surface area (Å²) in [5.74, 6) is 2.34. The third-order valence-corrected chi connectivity index (χ3v) is 5.19. The number of hydrogen-bond acceptors (Lipinski definition) is 3. The van der Waals surface area contributed by atoms with Crippen molar-refractivity contribution in [3.63, 3.8) is 0 Å². The molecule has 0 aromatic carbocycles. The lowest BCUT2D eigenvalue weighted by Crippen LogP contribution is -1.93. The van der Waals surface area contributed by atoms with Gasteiger partial charge >= 0.3 is 0 Å². The lowest BCUT2D eigenvalue weighted by atomic mass is 10.6. The molecule has 3 heteroatoms. The van der Waals surface area contributed by atoms with Crippen molar-refractivity contribution in [3.8, 4) is 0 Å². The van der Waals surface area contributed by atoms with Crippen LogP contribution in [0.1, 0.15) is 21.8 Å². The van der Waals surface area contributed by atoms with Crippen LogP contribution in [0.5, 0.6) is 0 Å². The molecule has 64 valence electrons. The first kappa shape index (κ1) is 13.6. The molecule has 0 bridgehead atoms. The van der Waals surface area contributed by atoms with Crippen molar-refractivity contribution in [2.45, 2.75) is 31.6 Å². The molecule has 0 nitrogen and oxygen atoms in total. The monoisotopic (exact) mass is 198 g/mol. The summed E-state index contributed by atoms with van der Waals surface area (Å²) in [7, 11) is 0. The molecule has 1 fully saturated rings. The van der Waals surface area contributed by atoms with Gasteiger partial charge in [-0.25, -0.2) is 0 Å². The summed E-state index contributed by atoms with van der Waals surface area (Å²) >= 11 is 8.30. The Bertz CT molecular complexity index is 75.3. The van der Waals surface area contributed by atoms with Gasteiger partial charge in [0.25, 0.3) is 0 Å². The van der Waals surface area contributed by atoms with Crippen LogP contribution in [0.2, 0.25) is 0 Å². The van der Waals surface area contributed by atoms with Crippen molar-refractivity contribution < 1.29 is 0 Å². The Morgan fingerprint density at radius 1 is 1.50 bits per heavy atom. The summed E-state index contributed by atoms with van der Waals surface area (Å²) in [6.07, 6.45) is 0. The summed E-state index contributed by atoms with van der Waals surface area (Å²) in [5.41, 5.74) is 0. The normalized spacial score (nSPS) is 30.6. The minimum Gasteiger partial charge on any atom is -0.177 e. The zero-order valence-electron chi connectivity index (χ0n) is 4.83. The molecule has 1 rings (SSSR count). The fourth-order valence-corrected chi connectivity index (χ4v) is 4.12. The summed E-state index contributed by atoms with van der Waals surface area (Å²) < 4.78 is 0.772. The Kier molecular flexibility index (Phi) is 9.19. The van der Waals surface area contributed by atoms with Crippen LogP contribution < -0.4 is 0 Å². The van der Waals surface area contributed by atoms with Crippen LogP contribution in [-0.2, 0) is 0 Å². The van der Waals surface area contributed by atoms with Crippen LogP contribution in [0.25, 0.3) is 0 Å². The van der Waals surface area contributed by atoms with Gasteiger partial charge in [0.1, 0.15) is 0 Å². The molecule has 0 amide bonds. The number of hydrogen-bond donors (Lipinski definition) is 1. The molecule has 1 heterocycles. The lowest BCUT2D eigenvalue weighted by Gasteiger charge is -2.00. The first-order valence-electron chi connectivity index (χ1n) is 2.71. The average Bonchev–Trinajstić information content (AvgIpc) is 2.14. The Morgan fingerprint density at radius 2 is 2.10 bits per heavy atom. The quantitative estimate of drug-likeness (QED) is 0.642. The first-order chi connectivity index (χ1) is 3.83. The van der Waals surface area contributed by atoms with Crippen LogP contribution in [0.15, 0.2) is 0 Å². The van der Waals surface area contributed by atoms with Gasteiger partial charge in [0.05, 0.1) is 4.58 Å². The smallest absolute Gasteiger partial charge is 0.0593 e. The van der Waals surface area contributed by atoms with Crippen molar-refractivity contribution in [3.05, 3.63) is 0 Å². The third kappa shape index (κ3) is 4.04. The summed E-state index contributed by atoms with van der Waals surface area (Å²) in [4.78, 5) is 0. The molecule has 0 spiro atoms. The predicted molar refractivity (Wildman–Crippen MR) is 60.6 cm³/mol. The molecule has 0 aromatic heterocycles. The number of thioether (sulfide) groups is 2. The van der Waals surface area contributed by atoms with Crippen molar-refractivity contribution in [2.24, 2.45) is 0 Å². The van der Waals surface area contributed by atoms with Gasteiger partial charge in [0, 0.05) is 16.8 Å². The van der Waals surface area contributed by atoms with Gasteiger partial charge < -0.3 is 0 Å². The fourth-order valence-electron chi connectivity index (χ4n) is 0.676. The van der Waals surface area contributed by atoms with Crippen molar-refractivity contribution >= 4 is 36.2 Å². The predicted octanol–water partition coefficient (Wildman–Crippen LogP) is 3.38. The molecule has 2 atom stereocenters. The largest absolute Gasteiger partial charge is 0.177 e. The molecule has 1 aliphatic heterocycles. The molecule has 0 radical (unpaired) electrons. The molecule has 0 aromatic rings. The van der Waals surface area contributed by atoms with E-state index in [4.69, 9.17) is 0 Å². The van der Waals surface area contributed by atoms with Crippen LogP contribution in [0.3, 0.4) is 0 Å². The highest BCUT2D eigenvalue weighted by Gasteiger charge is 2.20. The Balaban J connectivity index is 0. The van der Waals surface area contributed by atoms with Crippen LogP contribution in [0.4, 0.5) is 0 Å². The molecule has 0 N–H and O–H groups in total. The van der Waals surface area contributed by atoms with Gasteiger partial charge in [-0.3, -0.25) is 0 Å². The highest BCUT2D eigenvalue weighted by atomic mass is 32.2. The Morgan fingerprint density at radius 3 is 2.30 bits per heavy atom. The van der Waals surface area contributed by atoms with Crippen molar-refractivity contribution in [2.75, 3.05) is 11.5 Å². The second-order valence-corrected chi connectivity index (χ2v) is 5.44. The number of rotatable bonds is 1. The molecule has 1 saturated heterocycles. The maximum Gasteiger partial charge on any atom is 0.0593 e. The zero-order chi connectivity index (χ0) is 5.98. The van der Waals surface area contributed by atoms with E-state index >= 15 is 0 Å². The fraction of sp³-hybridized carbons (Fsp3) is 1.00. The highest BCUT2D eigenvalue weighted by molar-refractivity contribution is 8.21. The van der Waals surface area contributed by atoms with Gasteiger partial charge in [0.2, 0.25) is 0 Å². The average molecular weight is 198 g/mol. The lowest BCUT2D eigenvalue weighted by molar-refractivity contribution is 1.15. The molecular weight excluding hydrogens is 180 g/mol. The van der Waals surface area contributed by atoms with Crippen LogP contribution >= 0.6 is 36.2 Å². The SMILES string of the molecule is C.C.CC1CSC(CS)S1. The van der Waals surface area contributed by atoms with Gasteiger partial charge in [-0.2, -0.15) is 12.6 Å².